The van der Waals surface area contributed by atoms with Crippen LogP contribution in [0.2, 0.25) is 0 Å². The van der Waals surface area contributed by atoms with Crippen molar-refractivity contribution < 1.29 is 13.5 Å². The summed E-state index contributed by atoms with van der Waals surface area (Å²) >= 11 is 0. The number of alkyl halides is 2. The summed E-state index contributed by atoms with van der Waals surface area (Å²) in [6.07, 6.45) is 6.67. The molecule has 152 valence electrons. The highest BCUT2D eigenvalue weighted by Crippen LogP contribution is 2.55. The molecule has 2 atom stereocenters. The molecule has 0 bridgehead atoms. The first-order valence-corrected chi connectivity index (χ1v) is 9.07. The van der Waals surface area contributed by atoms with E-state index >= 15 is 0 Å². The number of nitrogens with zero attached hydrogens (tertiary/aromatic N) is 4. The van der Waals surface area contributed by atoms with Crippen LogP contribution in [0.3, 0.4) is 0 Å². The second-order valence-electron chi connectivity index (χ2n) is 6.91. The molecule has 0 radical (unpaired) electrons. The zero-order valence-corrected chi connectivity index (χ0v) is 15.3. The molecule has 11 heteroatoms. The largest absolute Gasteiger partial charge is 0.433 e. The van der Waals surface area contributed by atoms with Crippen LogP contribution in [-0.4, -0.2) is 36.2 Å². The van der Waals surface area contributed by atoms with Crippen LogP contribution in [0.5, 0.6) is 5.75 Å². The van der Waals surface area contributed by atoms with Crippen molar-refractivity contribution in [2.75, 3.05) is 0 Å². The molecule has 0 saturated heterocycles. The van der Waals surface area contributed by atoms with Crippen LogP contribution < -0.4 is 16.0 Å². The van der Waals surface area contributed by atoms with Crippen LogP contribution in [0.4, 0.5) is 8.78 Å². The number of aromatic amines is 2. The minimum atomic E-state index is -2.90. The summed E-state index contributed by atoms with van der Waals surface area (Å²) < 4.78 is 30.5. The van der Waals surface area contributed by atoms with E-state index in [0.29, 0.717) is 11.3 Å². The first-order valence-electron chi connectivity index (χ1n) is 9.07. The van der Waals surface area contributed by atoms with Gasteiger partial charge in [-0.3, -0.25) is 14.8 Å². The molecule has 0 spiro atoms. The van der Waals surface area contributed by atoms with Gasteiger partial charge in [-0.05, 0) is 30.5 Å². The van der Waals surface area contributed by atoms with Gasteiger partial charge in [0, 0.05) is 35.8 Å². The average Bonchev–Trinajstić information content (AvgIpc) is 3.35. The molecule has 0 amide bonds. The maximum atomic E-state index is 12.3. The van der Waals surface area contributed by atoms with E-state index in [1.165, 1.54) is 18.5 Å². The van der Waals surface area contributed by atoms with Gasteiger partial charge in [0.25, 0.3) is 5.56 Å². The zero-order valence-electron chi connectivity index (χ0n) is 15.3. The Balaban J connectivity index is 1.50. The lowest BCUT2D eigenvalue weighted by Crippen LogP contribution is -2.23. The summed E-state index contributed by atoms with van der Waals surface area (Å²) in [5.74, 6) is 0.160. The highest BCUT2D eigenvalue weighted by molar-refractivity contribution is 5.63. The number of aromatic nitrogens is 6. The average molecular weight is 412 g/mol. The topological polar surface area (TPSA) is 118 Å². The smallest absolute Gasteiger partial charge is 0.387 e. The lowest BCUT2D eigenvalue weighted by Gasteiger charge is -2.08. The quantitative estimate of drug-likeness (QED) is 0.518. The summed E-state index contributed by atoms with van der Waals surface area (Å²) in [5, 5.41) is 4.41. The van der Waals surface area contributed by atoms with Gasteiger partial charge < -0.3 is 9.72 Å². The van der Waals surface area contributed by atoms with Crippen molar-refractivity contribution in [2.45, 2.75) is 24.9 Å². The fourth-order valence-electron chi connectivity index (χ4n) is 3.59. The Bertz CT molecular complexity index is 1340. The number of H-pyrrole nitrogens is 2. The van der Waals surface area contributed by atoms with Crippen LogP contribution in [0.15, 0.2) is 52.6 Å². The third-order valence-corrected chi connectivity index (χ3v) is 5.04. The number of halogens is 2. The first kappa shape index (κ1) is 18.2. The van der Waals surface area contributed by atoms with E-state index in [9.17, 15) is 18.4 Å². The van der Waals surface area contributed by atoms with Gasteiger partial charge in [0.15, 0.2) is 5.65 Å². The Kier molecular flexibility index (Phi) is 4.16. The molecule has 4 aromatic heterocycles. The van der Waals surface area contributed by atoms with Gasteiger partial charge in [-0.15, -0.1) is 0 Å². The normalized spacial score (nSPS) is 18.1. The third kappa shape index (κ3) is 3.23. The van der Waals surface area contributed by atoms with Gasteiger partial charge >= 0.3 is 12.3 Å². The number of imidazole rings is 1. The summed E-state index contributed by atoms with van der Waals surface area (Å²) in [7, 11) is 0. The molecule has 0 aromatic carbocycles. The molecule has 2 N–H and O–H groups in total. The van der Waals surface area contributed by atoms with Crippen molar-refractivity contribution in [1.82, 2.24) is 29.5 Å². The van der Waals surface area contributed by atoms with Crippen LogP contribution in [0.1, 0.15) is 29.5 Å². The van der Waals surface area contributed by atoms with Gasteiger partial charge in [0.05, 0.1) is 17.5 Å². The molecule has 30 heavy (non-hydrogen) atoms. The van der Waals surface area contributed by atoms with Gasteiger partial charge in [0.1, 0.15) is 5.75 Å². The number of hydrogen-bond acceptors (Lipinski definition) is 6. The van der Waals surface area contributed by atoms with Gasteiger partial charge in [-0.1, -0.05) is 0 Å². The van der Waals surface area contributed by atoms with Gasteiger partial charge in [0.2, 0.25) is 0 Å². The predicted molar refractivity (Wildman–Crippen MR) is 101 cm³/mol. The van der Waals surface area contributed by atoms with E-state index in [1.807, 2.05) is 0 Å². The molecule has 4 aromatic rings. The van der Waals surface area contributed by atoms with E-state index in [-0.39, 0.29) is 23.1 Å². The van der Waals surface area contributed by atoms with Crippen molar-refractivity contribution in [2.24, 2.45) is 0 Å². The molecule has 5 rings (SSSR count). The number of rotatable bonds is 5. The lowest BCUT2D eigenvalue weighted by atomic mass is 10.1. The number of nitrogens with one attached hydrogen (secondary N) is 2. The molecule has 4 heterocycles. The molecule has 1 saturated carbocycles. The third-order valence-electron chi connectivity index (χ3n) is 5.04. The van der Waals surface area contributed by atoms with E-state index < -0.39 is 17.9 Å². The van der Waals surface area contributed by atoms with Crippen LogP contribution in [0.25, 0.3) is 16.9 Å². The fraction of sp³-hybridized carbons (Fsp3) is 0.211. The molecule has 1 aliphatic carbocycles. The number of fused-ring (bicyclic) bond motifs is 1. The number of ether oxygens (including phenoxy) is 1. The van der Waals surface area contributed by atoms with Crippen LogP contribution in [0, 0.1) is 0 Å². The molecular weight excluding hydrogens is 398 g/mol. The van der Waals surface area contributed by atoms with E-state index in [0.717, 1.165) is 17.7 Å². The molecule has 1 fully saturated rings. The van der Waals surface area contributed by atoms with E-state index in [2.05, 4.69) is 29.8 Å². The van der Waals surface area contributed by atoms with Gasteiger partial charge in [-0.2, -0.15) is 13.9 Å². The van der Waals surface area contributed by atoms with Gasteiger partial charge in [-0.25, -0.2) is 14.3 Å². The summed E-state index contributed by atoms with van der Waals surface area (Å²) in [6, 6.07) is 4.91. The molecular formula is C19H14F2N6O3. The lowest BCUT2D eigenvalue weighted by molar-refractivity contribution is -0.0500. The van der Waals surface area contributed by atoms with Crippen molar-refractivity contribution in [1.29, 1.82) is 0 Å². The maximum absolute atomic E-state index is 12.3. The fourth-order valence-corrected chi connectivity index (χ4v) is 3.59. The van der Waals surface area contributed by atoms with Crippen molar-refractivity contribution in [3.63, 3.8) is 0 Å². The molecule has 0 aliphatic heterocycles. The Hall–Kier alpha value is -3.89. The standard InChI is InChI=1S/C19H14F2N6O3/c20-18(21)30-9-1-2-14(23-7-9)11-5-10(11)12-6-15(26-27-4-3-22-16(12)27)13-8-24-19(29)25-17(13)28/h1-4,6-8,10-11,18H,5H2,(H2,24,25,28,29)/t10-,11?/m0/s1. The Morgan fingerprint density at radius 2 is 2.07 bits per heavy atom. The molecule has 1 unspecified atom stereocenters. The monoisotopic (exact) mass is 412 g/mol. The Labute approximate surface area is 166 Å². The summed E-state index contributed by atoms with van der Waals surface area (Å²) in [5.41, 5.74) is 1.79. The van der Waals surface area contributed by atoms with Crippen molar-refractivity contribution in [3.8, 4) is 17.0 Å². The van der Waals surface area contributed by atoms with E-state index in [4.69, 9.17) is 0 Å². The number of hydrogen-bond donors (Lipinski definition) is 2. The summed E-state index contributed by atoms with van der Waals surface area (Å²) in [6.45, 7) is -2.90. The van der Waals surface area contributed by atoms with Crippen LogP contribution in [-0.2, 0) is 0 Å². The minimum absolute atomic E-state index is 0.00471. The Morgan fingerprint density at radius 3 is 2.80 bits per heavy atom. The molecule has 9 nitrogen and oxygen atoms in total. The van der Waals surface area contributed by atoms with Crippen LogP contribution >= 0.6 is 0 Å². The second kappa shape index (κ2) is 6.87. The summed E-state index contributed by atoms with van der Waals surface area (Å²) in [4.78, 5) is 36.7. The zero-order chi connectivity index (χ0) is 20.8. The first-order chi connectivity index (χ1) is 14.5. The Morgan fingerprint density at radius 1 is 1.20 bits per heavy atom. The number of pyridine rings is 1. The SMILES string of the molecule is O=c1[nH]cc(-c2cc([C@H]3CC3c3ccc(OC(F)F)cn3)c3nccn3n2)c(=O)[nH]1. The van der Waals surface area contributed by atoms with E-state index in [1.54, 1.807) is 29.0 Å². The van der Waals surface area contributed by atoms with Crippen molar-refractivity contribution >= 4 is 5.65 Å². The van der Waals surface area contributed by atoms with Crippen molar-refractivity contribution in [3.05, 3.63) is 75.1 Å². The maximum Gasteiger partial charge on any atom is 0.387 e. The molecule has 1 aliphatic rings. The minimum Gasteiger partial charge on any atom is -0.433 e. The highest BCUT2D eigenvalue weighted by atomic mass is 19.3. The predicted octanol–water partition coefficient (Wildman–Crippen LogP) is 2.04. The highest BCUT2D eigenvalue weighted by Gasteiger charge is 2.42. The second-order valence-corrected chi connectivity index (χ2v) is 6.91.